The highest BCUT2D eigenvalue weighted by atomic mass is 16.5. The average molecular weight is 422 g/mol. The highest BCUT2D eigenvalue weighted by molar-refractivity contribution is 6.05. The number of hydrogen-bond donors (Lipinski definition) is 1. The van der Waals surface area contributed by atoms with Gasteiger partial charge in [-0.2, -0.15) is 0 Å². The molecule has 8 nitrogen and oxygen atoms in total. The van der Waals surface area contributed by atoms with Crippen LogP contribution < -0.4 is 11.2 Å². The molecule has 0 aliphatic carbocycles. The Kier molecular flexibility index (Phi) is 5.49. The first-order valence-corrected chi connectivity index (χ1v) is 10.4. The van der Waals surface area contributed by atoms with Gasteiger partial charge < -0.3 is 9.64 Å². The molecule has 1 aliphatic rings. The van der Waals surface area contributed by atoms with Crippen LogP contribution in [-0.4, -0.2) is 44.5 Å². The molecule has 31 heavy (non-hydrogen) atoms. The lowest BCUT2D eigenvalue weighted by atomic mass is 10.00. The Balaban J connectivity index is 1.80. The number of aromatic amines is 1. The second-order valence-corrected chi connectivity index (χ2v) is 8.36. The number of H-pyrrole nitrogens is 1. The van der Waals surface area contributed by atoms with Crippen molar-refractivity contribution in [3.63, 3.8) is 0 Å². The molecule has 0 saturated carbocycles. The molecule has 3 heterocycles. The van der Waals surface area contributed by atoms with Gasteiger partial charge in [0, 0.05) is 19.3 Å². The maximum Gasteiger partial charge on any atom is 0.329 e. The van der Waals surface area contributed by atoms with Gasteiger partial charge in [0.2, 0.25) is 0 Å². The molecule has 1 aromatic carbocycles. The van der Waals surface area contributed by atoms with E-state index in [0.717, 1.165) is 5.56 Å². The lowest BCUT2D eigenvalue weighted by Crippen LogP contribution is -2.49. The highest BCUT2D eigenvalue weighted by Crippen LogP contribution is 2.29. The first-order valence-electron chi connectivity index (χ1n) is 10.4. The van der Waals surface area contributed by atoms with E-state index >= 15 is 0 Å². The van der Waals surface area contributed by atoms with E-state index in [1.807, 2.05) is 30.3 Å². The van der Waals surface area contributed by atoms with Gasteiger partial charge in [0.05, 0.1) is 23.6 Å². The summed E-state index contributed by atoms with van der Waals surface area (Å²) in [6, 6.07) is 11.4. The van der Waals surface area contributed by atoms with Gasteiger partial charge >= 0.3 is 5.69 Å². The number of benzene rings is 1. The number of aromatic nitrogens is 3. The minimum atomic E-state index is -0.609. The number of morpholine rings is 1. The number of pyridine rings is 1. The second-order valence-electron chi connectivity index (χ2n) is 8.36. The number of ether oxygens (including phenoxy) is 1. The molecule has 162 valence electrons. The second kappa shape index (κ2) is 8.11. The van der Waals surface area contributed by atoms with Crippen molar-refractivity contribution in [1.82, 2.24) is 19.4 Å². The molecule has 1 N–H and O–H groups in total. The van der Waals surface area contributed by atoms with Gasteiger partial charge in [0.15, 0.2) is 0 Å². The Hall–Kier alpha value is -3.26. The summed E-state index contributed by atoms with van der Waals surface area (Å²) >= 11 is 0. The fraction of sp³-hybridized carbons (Fsp3) is 0.391. The zero-order valence-electron chi connectivity index (χ0n) is 18.1. The topological polar surface area (TPSA) is 97.3 Å². The maximum absolute atomic E-state index is 13.7. The van der Waals surface area contributed by atoms with Crippen molar-refractivity contribution in [2.24, 2.45) is 13.0 Å². The number of carbonyl (C=O) groups excluding carboxylic acids is 1. The average Bonchev–Trinajstić information content (AvgIpc) is 2.76. The lowest BCUT2D eigenvalue weighted by Gasteiger charge is -2.40. The molecule has 4 rings (SSSR count). The zero-order valence-corrected chi connectivity index (χ0v) is 18.1. The molecule has 1 fully saturated rings. The predicted octanol–water partition coefficient (Wildman–Crippen LogP) is 2.17. The largest absolute Gasteiger partial charge is 0.366 e. The van der Waals surface area contributed by atoms with Gasteiger partial charge in [0.25, 0.3) is 11.5 Å². The van der Waals surface area contributed by atoms with Crippen molar-refractivity contribution in [3.05, 3.63) is 74.1 Å². The van der Waals surface area contributed by atoms with E-state index in [1.54, 1.807) is 17.9 Å². The summed E-state index contributed by atoms with van der Waals surface area (Å²) in [5, 5.41) is 0.126. The number of hydrogen-bond acceptors (Lipinski definition) is 5. The third-order valence-electron chi connectivity index (χ3n) is 5.76. The Morgan fingerprint density at radius 2 is 1.90 bits per heavy atom. The molecule has 0 bridgehead atoms. The highest BCUT2D eigenvalue weighted by Gasteiger charge is 2.34. The van der Waals surface area contributed by atoms with Crippen LogP contribution in [0.5, 0.6) is 0 Å². The van der Waals surface area contributed by atoms with Crippen LogP contribution in [0.1, 0.15) is 41.6 Å². The van der Waals surface area contributed by atoms with E-state index in [4.69, 9.17) is 4.74 Å². The molecule has 1 amide bonds. The maximum atomic E-state index is 13.7. The number of nitrogens with zero attached hydrogens (tertiary/aromatic N) is 3. The summed E-state index contributed by atoms with van der Waals surface area (Å²) in [5.41, 5.74) is 0.832. The first kappa shape index (κ1) is 21.0. The molecule has 2 atom stereocenters. The molecule has 3 aromatic rings. The van der Waals surface area contributed by atoms with Gasteiger partial charge in [0.1, 0.15) is 11.8 Å². The van der Waals surface area contributed by atoms with Crippen molar-refractivity contribution in [2.75, 3.05) is 13.1 Å². The van der Waals surface area contributed by atoms with E-state index in [1.165, 1.54) is 11.6 Å². The fourth-order valence-corrected chi connectivity index (χ4v) is 3.98. The van der Waals surface area contributed by atoms with Gasteiger partial charge in [-0.15, -0.1) is 0 Å². The summed E-state index contributed by atoms with van der Waals surface area (Å²) < 4.78 is 7.55. The van der Waals surface area contributed by atoms with E-state index in [9.17, 15) is 14.4 Å². The molecule has 0 radical (unpaired) electrons. The monoisotopic (exact) mass is 422 g/mol. The van der Waals surface area contributed by atoms with E-state index in [2.05, 4.69) is 23.8 Å². The summed E-state index contributed by atoms with van der Waals surface area (Å²) in [7, 11) is 1.52. The molecule has 2 aromatic heterocycles. The van der Waals surface area contributed by atoms with Gasteiger partial charge in [-0.1, -0.05) is 44.2 Å². The molecular weight excluding hydrogens is 396 g/mol. The normalized spacial score (nSPS) is 19.2. The van der Waals surface area contributed by atoms with Crippen molar-refractivity contribution in [2.45, 2.75) is 33.0 Å². The lowest BCUT2D eigenvalue weighted by molar-refractivity contribution is -0.0954. The SMILES string of the molecule is Cc1cc(C(=O)N2C[C@@H](c3ccccc3)O[C@@H](C(C)C)C2)c2c(=O)[nH]c(=O)n(C)c2n1. The number of fused-ring (bicyclic) bond motifs is 1. The fourth-order valence-electron chi connectivity index (χ4n) is 3.98. The van der Waals surface area contributed by atoms with Crippen LogP contribution >= 0.6 is 0 Å². The van der Waals surface area contributed by atoms with Crippen molar-refractivity contribution >= 4 is 16.9 Å². The van der Waals surface area contributed by atoms with Gasteiger partial charge in [-0.25, -0.2) is 9.78 Å². The third kappa shape index (κ3) is 3.90. The van der Waals surface area contributed by atoms with Crippen molar-refractivity contribution < 1.29 is 9.53 Å². The summed E-state index contributed by atoms with van der Waals surface area (Å²) in [4.78, 5) is 46.7. The van der Waals surface area contributed by atoms with Crippen LogP contribution in [0, 0.1) is 12.8 Å². The third-order valence-corrected chi connectivity index (χ3v) is 5.76. The summed E-state index contributed by atoms with van der Waals surface area (Å²) in [5.74, 6) is -0.0588. The molecular formula is C23H26N4O4. The number of amides is 1. The summed E-state index contributed by atoms with van der Waals surface area (Å²) in [6.45, 7) is 6.66. The Morgan fingerprint density at radius 1 is 1.19 bits per heavy atom. The predicted molar refractivity (Wildman–Crippen MR) is 117 cm³/mol. The minimum Gasteiger partial charge on any atom is -0.366 e. The van der Waals surface area contributed by atoms with Gasteiger partial charge in [-0.05, 0) is 24.5 Å². The quantitative estimate of drug-likeness (QED) is 0.698. The smallest absolute Gasteiger partial charge is 0.329 e. The Morgan fingerprint density at radius 3 is 2.58 bits per heavy atom. The van der Waals surface area contributed by atoms with E-state index < -0.39 is 11.2 Å². The molecule has 0 spiro atoms. The van der Waals surface area contributed by atoms with E-state index in [-0.39, 0.29) is 40.6 Å². The van der Waals surface area contributed by atoms with Crippen LogP contribution in [0.15, 0.2) is 46.0 Å². The molecule has 8 heteroatoms. The minimum absolute atomic E-state index is 0.126. The number of carbonyl (C=O) groups is 1. The zero-order chi connectivity index (χ0) is 22.3. The number of nitrogens with one attached hydrogen (secondary N) is 1. The van der Waals surface area contributed by atoms with Crippen LogP contribution in [0.25, 0.3) is 11.0 Å². The van der Waals surface area contributed by atoms with Crippen LogP contribution in [-0.2, 0) is 11.8 Å². The number of rotatable bonds is 3. The molecule has 0 unspecified atom stereocenters. The van der Waals surface area contributed by atoms with Gasteiger partial charge in [-0.3, -0.25) is 19.1 Å². The molecule has 1 saturated heterocycles. The molecule has 1 aliphatic heterocycles. The van der Waals surface area contributed by atoms with Crippen LogP contribution in [0.3, 0.4) is 0 Å². The Bertz CT molecular complexity index is 1250. The van der Waals surface area contributed by atoms with Crippen LogP contribution in [0.2, 0.25) is 0 Å². The van der Waals surface area contributed by atoms with Crippen molar-refractivity contribution in [1.29, 1.82) is 0 Å². The first-order chi connectivity index (χ1) is 14.8. The van der Waals surface area contributed by atoms with Crippen LogP contribution in [0.4, 0.5) is 0 Å². The van der Waals surface area contributed by atoms with E-state index in [0.29, 0.717) is 18.8 Å². The standard InChI is InChI=1S/C23H26N4O4/c1-13(2)17-11-27(12-18(31-17)15-8-6-5-7-9-15)22(29)16-10-14(3)24-20-19(16)21(28)25-23(30)26(20)4/h5-10,13,17-18H,11-12H2,1-4H3,(H,25,28,30)/t17-,18+/m1/s1. The summed E-state index contributed by atoms with van der Waals surface area (Å²) in [6.07, 6.45) is -0.400. The van der Waals surface area contributed by atoms with Crippen molar-refractivity contribution in [3.8, 4) is 0 Å². The Labute approximate surface area is 179 Å². The number of aryl methyl sites for hydroxylation is 2.